The maximum Gasteiger partial charge on any atom is 0.324 e. The monoisotopic (exact) mass is 384 g/mol. The number of nitrogens with one attached hydrogen (secondary N) is 3. The number of aromatic nitrogens is 2. The van der Waals surface area contributed by atoms with Gasteiger partial charge in [0.05, 0.1) is 15.9 Å². The summed E-state index contributed by atoms with van der Waals surface area (Å²) in [5.41, 5.74) is 0.735. The Morgan fingerprint density at radius 3 is 2.93 bits per heavy atom. The van der Waals surface area contributed by atoms with Crippen LogP contribution >= 0.6 is 11.3 Å². The van der Waals surface area contributed by atoms with E-state index in [4.69, 9.17) is 4.52 Å². The fourth-order valence-corrected chi connectivity index (χ4v) is 3.70. The Morgan fingerprint density at radius 1 is 1.26 bits per heavy atom. The third-order valence-corrected chi connectivity index (χ3v) is 5.32. The van der Waals surface area contributed by atoms with Crippen molar-refractivity contribution in [3.8, 4) is 10.8 Å². The predicted octanol–water partition coefficient (Wildman–Crippen LogP) is 3.02. The second-order valence-electron chi connectivity index (χ2n) is 6.27. The molecular weight excluding hydrogens is 364 g/mol. The Kier molecular flexibility index (Phi) is 5.14. The van der Waals surface area contributed by atoms with Crippen LogP contribution in [0.4, 0.5) is 15.5 Å². The largest absolute Gasteiger partial charge is 0.333 e. The third-order valence-electron chi connectivity index (χ3n) is 4.34. The van der Waals surface area contributed by atoms with E-state index in [1.807, 2.05) is 42.5 Å². The van der Waals surface area contributed by atoms with Crippen LogP contribution in [0.3, 0.4) is 0 Å². The summed E-state index contributed by atoms with van der Waals surface area (Å²) in [6, 6.07) is 12.8. The number of para-hydroxylation sites is 1. The highest BCUT2D eigenvalue weighted by Crippen LogP contribution is 2.31. The van der Waals surface area contributed by atoms with Gasteiger partial charge in [-0.1, -0.05) is 23.4 Å². The number of urea groups is 1. The van der Waals surface area contributed by atoms with E-state index in [-0.39, 0.29) is 12.1 Å². The lowest BCUT2D eigenvalue weighted by atomic mass is 10.2. The minimum atomic E-state index is -0.296. The smallest absolute Gasteiger partial charge is 0.324 e. The maximum atomic E-state index is 12.1. The zero-order chi connectivity index (χ0) is 18.6. The molecule has 8 nitrogen and oxygen atoms in total. The van der Waals surface area contributed by atoms with Crippen molar-refractivity contribution >= 4 is 28.1 Å². The van der Waals surface area contributed by atoms with E-state index in [0.29, 0.717) is 16.7 Å². The Morgan fingerprint density at radius 2 is 2.11 bits per heavy atom. The SMILES string of the molecule is CN1CCNCC1c1noc(-c2ccc(NC(=O)Nc3ccccc3)s2)n1. The number of thiophene rings is 1. The van der Waals surface area contributed by atoms with Crippen molar-refractivity contribution < 1.29 is 9.32 Å². The normalized spacial score (nSPS) is 17.6. The summed E-state index contributed by atoms with van der Waals surface area (Å²) in [6.45, 7) is 2.70. The predicted molar refractivity (Wildman–Crippen MR) is 105 cm³/mol. The Balaban J connectivity index is 1.41. The number of piperazine rings is 1. The first-order valence-electron chi connectivity index (χ1n) is 8.67. The van der Waals surface area contributed by atoms with Crippen LogP contribution in [0.25, 0.3) is 10.8 Å². The van der Waals surface area contributed by atoms with E-state index in [1.54, 1.807) is 0 Å². The van der Waals surface area contributed by atoms with Crippen LogP contribution in [0, 0.1) is 0 Å². The first-order chi connectivity index (χ1) is 13.2. The fourth-order valence-electron chi connectivity index (χ4n) is 2.88. The lowest BCUT2D eigenvalue weighted by Crippen LogP contribution is -2.44. The minimum absolute atomic E-state index is 0.102. The minimum Gasteiger partial charge on any atom is -0.333 e. The first-order valence-corrected chi connectivity index (χ1v) is 9.48. The fraction of sp³-hybridized carbons (Fsp3) is 0.278. The van der Waals surface area contributed by atoms with E-state index < -0.39 is 0 Å². The molecule has 0 aliphatic carbocycles. The van der Waals surface area contributed by atoms with Gasteiger partial charge in [-0.25, -0.2) is 4.79 Å². The molecule has 1 saturated heterocycles. The Bertz CT molecular complexity index is 909. The van der Waals surface area contributed by atoms with Gasteiger partial charge in [0.1, 0.15) is 0 Å². The van der Waals surface area contributed by atoms with Gasteiger partial charge in [-0.15, -0.1) is 11.3 Å². The van der Waals surface area contributed by atoms with Crippen LogP contribution < -0.4 is 16.0 Å². The lowest BCUT2D eigenvalue weighted by Gasteiger charge is -2.30. The number of rotatable bonds is 4. The van der Waals surface area contributed by atoms with Gasteiger partial charge in [-0.2, -0.15) is 4.98 Å². The molecule has 0 bridgehead atoms. The van der Waals surface area contributed by atoms with Gasteiger partial charge in [-0.05, 0) is 31.3 Å². The molecule has 1 aliphatic rings. The number of nitrogens with zero attached hydrogens (tertiary/aromatic N) is 3. The van der Waals surface area contributed by atoms with E-state index in [2.05, 4.69) is 38.0 Å². The molecule has 0 saturated carbocycles. The van der Waals surface area contributed by atoms with Gasteiger partial charge >= 0.3 is 6.03 Å². The van der Waals surface area contributed by atoms with Gasteiger partial charge in [0.2, 0.25) is 0 Å². The molecule has 9 heteroatoms. The summed E-state index contributed by atoms with van der Waals surface area (Å²) in [7, 11) is 2.06. The molecule has 3 N–H and O–H groups in total. The molecular formula is C18H20N6O2S. The molecule has 0 radical (unpaired) electrons. The second-order valence-corrected chi connectivity index (χ2v) is 7.35. The van der Waals surface area contributed by atoms with Crippen molar-refractivity contribution in [2.45, 2.75) is 6.04 Å². The molecule has 1 atom stereocenters. The summed E-state index contributed by atoms with van der Waals surface area (Å²) in [6.07, 6.45) is 0. The standard InChI is InChI=1S/C18H20N6O2S/c1-24-10-9-19-11-13(24)16-22-17(26-23-16)14-7-8-15(27-14)21-18(25)20-12-5-3-2-4-6-12/h2-8,13,19H,9-11H2,1H3,(H2,20,21,25). The molecule has 2 aromatic heterocycles. The number of carbonyl (C=O) groups excluding carboxylic acids is 1. The molecule has 140 valence electrons. The molecule has 1 unspecified atom stereocenters. The molecule has 4 rings (SSSR count). The third kappa shape index (κ3) is 4.16. The van der Waals surface area contributed by atoms with E-state index in [1.165, 1.54) is 11.3 Å². The highest BCUT2D eigenvalue weighted by molar-refractivity contribution is 7.19. The Labute approximate surface area is 160 Å². The van der Waals surface area contributed by atoms with Crippen LogP contribution in [0.1, 0.15) is 11.9 Å². The van der Waals surface area contributed by atoms with Crippen LogP contribution in [0.5, 0.6) is 0 Å². The molecule has 1 fully saturated rings. The summed E-state index contributed by atoms with van der Waals surface area (Å²) in [5, 5.41) is 13.8. The highest BCUT2D eigenvalue weighted by atomic mass is 32.1. The summed E-state index contributed by atoms with van der Waals surface area (Å²) >= 11 is 1.39. The van der Waals surface area contributed by atoms with E-state index >= 15 is 0 Å². The van der Waals surface area contributed by atoms with Crippen molar-refractivity contribution in [2.75, 3.05) is 37.3 Å². The average Bonchev–Trinajstić information content (AvgIpc) is 3.32. The Hall–Kier alpha value is -2.75. The zero-order valence-electron chi connectivity index (χ0n) is 14.8. The molecule has 1 aliphatic heterocycles. The number of carbonyl (C=O) groups is 1. The van der Waals surface area contributed by atoms with Crippen LogP contribution in [-0.4, -0.2) is 47.8 Å². The molecule has 2 amide bonds. The number of hydrogen-bond acceptors (Lipinski definition) is 7. The average molecular weight is 384 g/mol. The number of hydrogen-bond donors (Lipinski definition) is 3. The quantitative estimate of drug-likeness (QED) is 0.640. The molecule has 3 aromatic rings. The molecule has 3 heterocycles. The van der Waals surface area contributed by atoms with Crippen molar-refractivity contribution in [3.05, 3.63) is 48.3 Å². The van der Waals surface area contributed by atoms with Crippen molar-refractivity contribution in [1.29, 1.82) is 0 Å². The van der Waals surface area contributed by atoms with Gasteiger partial charge < -0.3 is 15.2 Å². The molecule has 1 aromatic carbocycles. The second kappa shape index (κ2) is 7.87. The van der Waals surface area contributed by atoms with Gasteiger partial charge in [0.15, 0.2) is 5.82 Å². The molecule has 27 heavy (non-hydrogen) atoms. The number of anilines is 2. The summed E-state index contributed by atoms with van der Waals surface area (Å²) < 4.78 is 5.43. The summed E-state index contributed by atoms with van der Waals surface area (Å²) in [5.74, 6) is 1.13. The number of likely N-dealkylation sites (N-methyl/N-ethyl adjacent to an activating group) is 1. The maximum absolute atomic E-state index is 12.1. The first kappa shape index (κ1) is 17.7. The van der Waals surface area contributed by atoms with E-state index in [9.17, 15) is 4.79 Å². The van der Waals surface area contributed by atoms with Crippen LogP contribution in [0.15, 0.2) is 47.0 Å². The highest BCUT2D eigenvalue weighted by Gasteiger charge is 2.25. The van der Waals surface area contributed by atoms with Crippen molar-refractivity contribution in [1.82, 2.24) is 20.4 Å². The van der Waals surface area contributed by atoms with Gasteiger partial charge in [0.25, 0.3) is 5.89 Å². The van der Waals surface area contributed by atoms with Crippen LogP contribution in [0.2, 0.25) is 0 Å². The van der Waals surface area contributed by atoms with Gasteiger partial charge in [-0.3, -0.25) is 10.2 Å². The van der Waals surface area contributed by atoms with E-state index in [0.717, 1.165) is 30.2 Å². The van der Waals surface area contributed by atoms with Crippen LogP contribution in [-0.2, 0) is 0 Å². The summed E-state index contributed by atoms with van der Waals surface area (Å²) in [4.78, 5) is 19.7. The van der Waals surface area contributed by atoms with Crippen molar-refractivity contribution in [2.24, 2.45) is 0 Å². The van der Waals surface area contributed by atoms with Gasteiger partial charge in [0, 0.05) is 25.3 Å². The zero-order valence-corrected chi connectivity index (χ0v) is 15.6. The molecule has 0 spiro atoms. The number of amides is 2. The topological polar surface area (TPSA) is 95.3 Å². The van der Waals surface area contributed by atoms with Crippen molar-refractivity contribution in [3.63, 3.8) is 0 Å². The number of benzene rings is 1. The lowest BCUT2D eigenvalue weighted by molar-refractivity contribution is 0.190.